The SMILES string of the molecule is COc1cc(C=CC(=O)OCc2nn3c(=O)cc(C)nc3s2)cc(OC)c1OC. The van der Waals surface area contributed by atoms with Crippen LogP contribution in [0.4, 0.5) is 0 Å². The first-order valence-corrected chi connectivity index (χ1v) is 9.28. The smallest absolute Gasteiger partial charge is 0.331 e. The maximum Gasteiger partial charge on any atom is 0.331 e. The van der Waals surface area contributed by atoms with Crippen LogP contribution >= 0.6 is 11.3 Å². The average molecular weight is 417 g/mol. The van der Waals surface area contributed by atoms with Crippen molar-refractivity contribution >= 4 is 28.3 Å². The molecule has 0 radical (unpaired) electrons. The Kier molecular flexibility index (Phi) is 6.13. The monoisotopic (exact) mass is 417 g/mol. The quantitative estimate of drug-likeness (QED) is 0.426. The summed E-state index contributed by atoms with van der Waals surface area (Å²) in [5.74, 6) is 0.851. The van der Waals surface area contributed by atoms with E-state index >= 15 is 0 Å². The highest BCUT2D eigenvalue weighted by molar-refractivity contribution is 7.16. The van der Waals surface area contributed by atoms with Crippen LogP contribution in [0.25, 0.3) is 11.0 Å². The molecular formula is C19H19N3O6S. The van der Waals surface area contributed by atoms with Crippen molar-refractivity contribution < 1.29 is 23.7 Å². The van der Waals surface area contributed by atoms with Crippen LogP contribution in [-0.2, 0) is 16.1 Å². The van der Waals surface area contributed by atoms with Crippen molar-refractivity contribution in [2.75, 3.05) is 21.3 Å². The third kappa shape index (κ3) is 4.54. The van der Waals surface area contributed by atoms with Gasteiger partial charge in [-0.15, -0.1) is 0 Å². The van der Waals surface area contributed by atoms with Gasteiger partial charge in [0.05, 0.1) is 21.3 Å². The minimum absolute atomic E-state index is 0.0645. The van der Waals surface area contributed by atoms with Crippen molar-refractivity contribution in [2.24, 2.45) is 0 Å². The summed E-state index contributed by atoms with van der Waals surface area (Å²) in [5.41, 5.74) is 1.00. The third-order valence-electron chi connectivity index (χ3n) is 3.85. The topological polar surface area (TPSA) is 101 Å². The van der Waals surface area contributed by atoms with E-state index in [9.17, 15) is 9.59 Å². The van der Waals surface area contributed by atoms with Gasteiger partial charge in [-0.3, -0.25) is 4.79 Å². The van der Waals surface area contributed by atoms with E-state index in [1.807, 2.05) is 0 Å². The molecule has 9 nitrogen and oxygen atoms in total. The van der Waals surface area contributed by atoms with Crippen molar-refractivity contribution in [1.29, 1.82) is 0 Å². The zero-order valence-corrected chi connectivity index (χ0v) is 17.1. The summed E-state index contributed by atoms with van der Waals surface area (Å²) in [4.78, 5) is 28.6. The fourth-order valence-corrected chi connectivity index (χ4v) is 3.42. The number of methoxy groups -OCH3 is 3. The van der Waals surface area contributed by atoms with E-state index in [-0.39, 0.29) is 12.2 Å². The number of benzene rings is 1. The van der Waals surface area contributed by atoms with Crippen molar-refractivity contribution in [3.8, 4) is 17.2 Å². The zero-order valence-electron chi connectivity index (χ0n) is 16.3. The molecule has 3 rings (SSSR count). The largest absolute Gasteiger partial charge is 0.493 e. The molecular weight excluding hydrogens is 398 g/mol. The molecule has 0 aliphatic rings. The van der Waals surface area contributed by atoms with Crippen LogP contribution in [0.2, 0.25) is 0 Å². The number of hydrogen-bond donors (Lipinski definition) is 0. The van der Waals surface area contributed by atoms with E-state index in [0.29, 0.717) is 38.5 Å². The predicted octanol–water partition coefficient (Wildman–Crippen LogP) is 2.24. The number of esters is 1. The molecule has 0 aliphatic carbocycles. The number of nitrogens with zero attached hydrogens (tertiary/aromatic N) is 3. The van der Waals surface area contributed by atoms with E-state index in [1.165, 1.54) is 49.3 Å². The zero-order chi connectivity index (χ0) is 21.0. The number of ether oxygens (including phenoxy) is 4. The lowest BCUT2D eigenvalue weighted by molar-refractivity contribution is -0.138. The van der Waals surface area contributed by atoms with E-state index in [4.69, 9.17) is 18.9 Å². The predicted molar refractivity (Wildman–Crippen MR) is 107 cm³/mol. The molecule has 0 fully saturated rings. The highest BCUT2D eigenvalue weighted by Gasteiger charge is 2.13. The van der Waals surface area contributed by atoms with Gasteiger partial charge < -0.3 is 18.9 Å². The van der Waals surface area contributed by atoms with Gasteiger partial charge in [-0.25, -0.2) is 9.78 Å². The van der Waals surface area contributed by atoms with Gasteiger partial charge in [0, 0.05) is 17.8 Å². The molecule has 0 aliphatic heterocycles. The molecule has 0 bridgehead atoms. The summed E-state index contributed by atoms with van der Waals surface area (Å²) in [7, 11) is 4.54. The lowest BCUT2D eigenvalue weighted by Crippen LogP contribution is -2.14. The van der Waals surface area contributed by atoms with Crippen LogP contribution in [0, 0.1) is 6.92 Å². The Labute approximate surface area is 170 Å². The van der Waals surface area contributed by atoms with Gasteiger partial charge in [0.15, 0.2) is 16.5 Å². The Morgan fingerprint density at radius 2 is 1.83 bits per heavy atom. The molecule has 0 saturated carbocycles. The van der Waals surface area contributed by atoms with Gasteiger partial charge in [-0.05, 0) is 30.7 Å². The Morgan fingerprint density at radius 3 is 2.45 bits per heavy atom. The van der Waals surface area contributed by atoms with Crippen molar-refractivity contribution in [1.82, 2.24) is 14.6 Å². The van der Waals surface area contributed by atoms with Crippen molar-refractivity contribution in [2.45, 2.75) is 13.5 Å². The van der Waals surface area contributed by atoms with Crippen LogP contribution in [-0.4, -0.2) is 41.9 Å². The first kappa shape index (κ1) is 20.3. The van der Waals surface area contributed by atoms with E-state index in [0.717, 1.165) is 0 Å². The Bertz CT molecular complexity index is 1110. The number of rotatable bonds is 7. The van der Waals surface area contributed by atoms with Gasteiger partial charge in [-0.2, -0.15) is 9.61 Å². The van der Waals surface area contributed by atoms with E-state index in [2.05, 4.69) is 10.1 Å². The molecule has 2 aromatic heterocycles. The number of aromatic nitrogens is 3. The number of hydrogen-bond acceptors (Lipinski definition) is 9. The van der Waals surface area contributed by atoms with Crippen molar-refractivity contribution in [3.63, 3.8) is 0 Å². The summed E-state index contributed by atoms with van der Waals surface area (Å²) < 4.78 is 22.2. The van der Waals surface area contributed by atoms with Crippen molar-refractivity contribution in [3.05, 3.63) is 50.9 Å². The number of aryl methyl sites for hydroxylation is 1. The first-order chi connectivity index (χ1) is 13.9. The molecule has 0 amide bonds. The number of fused-ring (bicyclic) bond motifs is 1. The Balaban J connectivity index is 1.70. The van der Waals surface area contributed by atoms with Crippen LogP contribution in [0.1, 0.15) is 16.3 Å². The second kappa shape index (κ2) is 8.74. The molecule has 0 spiro atoms. The summed E-state index contributed by atoms with van der Waals surface area (Å²) in [5, 5.41) is 4.59. The fourth-order valence-electron chi connectivity index (χ4n) is 2.56. The second-order valence-corrected chi connectivity index (χ2v) is 6.87. The molecule has 3 aromatic rings. The summed E-state index contributed by atoms with van der Waals surface area (Å²) in [6, 6.07) is 4.81. The molecule has 29 heavy (non-hydrogen) atoms. The molecule has 152 valence electrons. The summed E-state index contributed by atoms with van der Waals surface area (Å²) in [6.45, 7) is 1.67. The molecule has 0 atom stereocenters. The number of carbonyl (C=O) groups excluding carboxylic acids is 1. The summed E-state index contributed by atoms with van der Waals surface area (Å²) in [6.07, 6.45) is 2.85. The molecule has 0 N–H and O–H groups in total. The van der Waals surface area contributed by atoms with Gasteiger partial charge in [0.1, 0.15) is 6.61 Å². The van der Waals surface area contributed by atoms with Gasteiger partial charge in [0.2, 0.25) is 10.7 Å². The van der Waals surface area contributed by atoms with E-state index in [1.54, 1.807) is 25.1 Å². The third-order valence-corrected chi connectivity index (χ3v) is 4.73. The van der Waals surface area contributed by atoms with Crippen LogP contribution < -0.4 is 19.8 Å². The second-order valence-electron chi connectivity index (χ2n) is 5.83. The standard InChI is InChI=1S/C19H19N3O6S/c1-11-7-16(23)22-19(20-11)29-15(21-22)10-28-17(24)6-5-12-8-13(25-2)18(27-4)14(9-12)26-3/h5-9H,10H2,1-4H3. The highest BCUT2D eigenvalue weighted by atomic mass is 32.1. The van der Waals surface area contributed by atoms with Gasteiger partial charge >= 0.3 is 5.97 Å². The molecule has 0 saturated heterocycles. The maximum atomic E-state index is 12.1. The summed E-state index contributed by atoms with van der Waals surface area (Å²) >= 11 is 1.19. The minimum atomic E-state index is -0.561. The lowest BCUT2D eigenvalue weighted by atomic mass is 10.1. The van der Waals surface area contributed by atoms with Crippen LogP contribution in [0.15, 0.2) is 29.1 Å². The number of carbonyl (C=O) groups is 1. The Morgan fingerprint density at radius 1 is 1.14 bits per heavy atom. The minimum Gasteiger partial charge on any atom is -0.493 e. The van der Waals surface area contributed by atoms with E-state index < -0.39 is 5.97 Å². The molecule has 2 heterocycles. The normalized spacial score (nSPS) is 11.0. The van der Waals surface area contributed by atoms with Gasteiger partial charge in [0.25, 0.3) is 5.56 Å². The Hall–Kier alpha value is -3.40. The van der Waals surface area contributed by atoms with Crippen LogP contribution in [0.5, 0.6) is 17.2 Å². The highest BCUT2D eigenvalue weighted by Crippen LogP contribution is 2.38. The molecule has 10 heteroatoms. The average Bonchev–Trinajstić information content (AvgIpc) is 3.13. The fraction of sp³-hybridized carbons (Fsp3) is 0.263. The first-order valence-electron chi connectivity index (χ1n) is 8.46. The van der Waals surface area contributed by atoms with Crippen LogP contribution in [0.3, 0.4) is 0 Å². The van der Waals surface area contributed by atoms with Gasteiger partial charge in [-0.1, -0.05) is 11.3 Å². The lowest BCUT2D eigenvalue weighted by Gasteiger charge is -2.12. The molecule has 1 aromatic carbocycles. The maximum absolute atomic E-state index is 12.1. The molecule has 0 unspecified atom stereocenters.